The van der Waals surface area contributed by atoms with Crippen LogP contribution in [0.3, 0.4) is 0 Å². The minimum Gasteiger partial charge on any atom is -0.494 e. The van der Waals surface area contributed by atoms with Gasteiger partial charge in [-0.3, -0.25) is 9.59 Å². The lowest BCUT2D eigenvalue weighted by molar-refractivity contribution is -0.121. The Kier molecular flexibility index (Phi) is 7.01. The van der Waals surface area contributed by atoms with E-state index in [1.807, 2.05) is 43.3 Å². The number of aryl methyl sites for hydroxylation is 1. The molecule has 0 aliphatic carbocycles. The lowest BCUT2D eigenvalue weighted by Crippen LogP contribution is -2.23. The summed E-state index contributed by atoms with van der Waals surface area (Å²) in [6.45, 7) is 2.98. The highest BCUT2D eigenvalue weighted by atomic mass is 16.5. The van der Waals surface area contributed by atoms with Crippen LogP contribution in [0, 0.1) is 6.92 Å². The summed E-state index contributed by atoms with van der Waals surface area (Å²) < 4.78 is 5.63. The van der Waals surface area contributed by atoms with Gasteiger partial charge in [0.15, 0.2) is 0 Å². The lowest BCUT2D eigenvalue weighted by atomic mass is 10.1. The van der Waals surface area contributed by atoms with E-state index in [1.54, 1.807) is 19.2 Å². The van der Waals surface area contributed by atoms with Crippen molar-refractivity contribution < 1.29 is 14.3 Å². The van der Waals surface area contributed by atoms with Crippen LogP contribution in [0.1, 0.15) is 34.3 Å². The summed E-state index contributed by atoms with van der Waals surface area (Å²) in [5.74, 6) is 0.698. The second kappa shape index (κ2) is 9.47. The van der Waals surface area contributed by atoms with Crippen LogP contribution in [0.25, 0.3) is 0 Å². The first-order chi connectivity index (χ1) is 12.1. The molecule has 132 valence electrons. The third kappa shape index (κ3) is 6.30. The van der Waals surface area contributed by atoms with Gasteiger partial charge in [0.05, 0.1) is 6.61 Å². The van der Waals surface area contributed by atoms with Gasteiger partial charge in [-0.25, -0.2) is 0 Å². The van der Waals surface area contributed by atoms with E-state index in [0.29, 0.717) is 31.6 Å². The maximum Gasteiger partial charge on any atom is 0.251 e. The molecule has 2 aromatic carbocycles. The molecule has 0 saturated carbocycles. The van der Waals surface area contributed by atoms with Crippen LogP contribution in [-0.2, 0) is 11.3 Å². The average Bonchev–Trinajstić information content (AvgIpc) is 2.63. The van der Waals surface area contributed by atoms with E-state index < -0.39 is 0 Å². The average molecular weight is 340 g/mol. The smallest absolute Gasteiger partial charge is 0.251 e. The standard InChI is InChI=1S/C20H24N2O3/c1-15-5-3-6-18(13-15)25-12-4-7-19(23)22-14-16-8-10-17(11-9-16)20(24)21-2/h3,5-6,8-11,13H,4,7,12,14H2,1-2H3,(H,21,24)(H,22,23). The van der Waals surface area contributed by atoms with Gasteiger partial charge in [0.1, 0.15) is 5.75 Å². The van der Waals surface area contributed by atoms with E-state index in [2.05, 4.69) is 10.6 Å². The number of carbonyl (C=O) groups excluding carboxylic acids is 2. The van der Waals surface area contributed by atoms with Gasteiger partial charge in [-0.05, 0) is 48.7 Å². The first-order valence-electron chi connectivity index (χ1n) is 8.35. The fourth-order valence-corrected chi connectivity index (χ4v) is 2.34. The fraction of sp³-hybridized carbons (Fsp3) is 0.300. The highest BCUT2D eigenvalue weighted by molar-refractivity contribution is 5.93. The molecule has 0 fully saturated rings. The van der Waals surface area contributed by atoms with Gasteiger partial charge in [0, 0.05) is 25.6 Å². The van der Waals surface area contributed by atoms with Crippen LogP contribution < -0.4 is 15.4 Å². The number of hydrogen-bond donors (Lipinski definition) is 2. The summed E-state index contributed by atoms with van der Waals surface area (Å²) in [4.78, 5) is 23.3. The zero-order valence-corrected chi connectivity index (χ0v) is 14.7. The van der Waals surface area contributed by atoms with Gasteiger partial charge in [-0.1, -0.05) is 24.3 Å². The minimum atomic E-state index is -0.121. The molecule has 0 radical (unpaired) electrons. The monoisotopic (exact) mass is 340 g/mol. The fourth-order valence-electron chi connectivity index (χ4n) is 2.34. The molecule has 0 atom stereocenters. The van der Waals surface area contributed by atoms with E-state index in [-0.39, 0.29) is 11.8 Å². The highest BCUT2D eigenvalue weighted by Crippen LogP contribution is 2.12. The van der Waals surface area contributed by atoms with Crippen LogP contribution in [0.4, 0.5) is 0 Å². The zero-order valence-electron chi connectivity index (χ0n) is 14.7. The van der Waals surface area contributed by atoms with Crippen LogP contribution in [0.2, 0.25) is 0 Å². The van der Waals surface area contributed by atoms with Crippen LogP contribution in [-0.4, -0.2) is 25.5 Å². The Morgan fingerprint density at radius 3 is 2.52 bits per heavy atom. The molecule has 2 amide bonds. The van der Waals surface area contributed by atoms with Crippen molar-refractivity contribution in [3.05, 3.63) is 65.2 Å². The molecule has 0 spiro atoms. The van der Waals surface area contributed by atoms with Crippen molar-refractivity contribution in [2.45, 2.75) is 26.3 Å². The van der Waals surface area contributed by atoms with Crippen LogP contribution >= 0.6 is 0 Å². The van der Waals surface area contributed by atoms with Gasteiger partial charge in [0.25, 0.3) is 5.91 Å². The molecule has 0 unspecified atom stereocenters. The van der Waals surface area contributed by atoms with E-state index >= 15 is 0 Å². The summed E-state index contributed by atoms with van der Waals surface area (Å²) in [6, 6.07) is 15.0. The quantitative estimate of drug-likeness (QED) is 0.726. The minimum absolute atomic E-state index is 0.0109. The Hall–Kier alpha value is -2.82. The Labute approximate surface area is 148 Å². The maximum absolute atomic E-state index is 11.9. The Bertz CT molecular complexity index is 711. The van der Waals surface area contributed by atoms with Crippen molar-refractivity contribution in [2.24, 2.45) is 0 Å². The molecule has 0 aliphatic rings. The molecule has 25 heavy (non-hydrogen) atoms. The zero-order chi connectivity index (χ0) is 18.1. The second-order valence-corrected chi connectivity index (χ2v) is 5.82. The maximum atomic E-state index is 11.9. The molecule has 0 aliphatic heterocycles. The molecule has 2 N–H and O–H groups in total. The summed E-state index contributed by atoms with van der Waals surface area (Å²) in [6.07, 6.45) is 1.08. The molecule has 0 heterocycles. The first-order valence-corrected chi connectivity index (χ1v) is 8.35. The number of ether oxygens (including phenoxy) is 1. The van der Waals surface area contributed by atoms with Gasteiger partial charge < -0.3 is 15.4 Å². The number of carbonyl (C=O) groups is 2. The topological polar surface area (TPSA) is 67.4 Å². The molecule has 0 aromatic heterocycles. The number of rotatable bonds is 8. The Balaban J connectivity index is 1.66. The van der Waals surface area contributed by atoms with Gasteiger partial charge in [-0.2, -0.15) is 0 Å². The normalized spacial score (nSPS) is 10.2. The predicted octanol–water partition coefficient (Wildman–Crippen LogP) is 2.83. The van der Waals surface area contributed by atoms with E-state index in [9.17, 15) is 9.59 Å². The largest absolute Gasteiger partial charge is 0.494 e. The van der Waals surface area contributed by atoms with E-state index in [0.717, 1.165) is 16.9 Å². The molecule has 2 aromatic rings. The summed E-state index contributed by atoms with van der Waals surface area (Å²) >= 11 is 0. The van der Waals surface area contributed by atoms with Gasteiger partial charge in [0.2, 0.25) is 5.91 Å². The molecule has 5 nitrogen and oxygen atoms in total. The SMILES string of the molecule is CNC(=O)c1ccc(CNC(=O)CCCOc2cccc(C)c2)cc1. The Morgan fingerprint density at radius 2 is 1.84 bits per heavy atom. The van der Waals surface area contributed by atoms with Crippen molar-refractivity contribution in [2.75, 3.05) is 13.7 Å². The summed E-state index contributed by atoms with van der Waals surface area (Å²) in [5.41, 5.74) is 2.71. The van der Waals surface area contributed by atoms with Crippen molar-refractivity contribution in [3.8, 4) is 5.75 Å². The third-order valence-electron chi connectivity index (χ3n) is 3.74. The second-order valence-electron chi connectivity index (χ2n) is 5.82. The van der Waals surface area contributed by atoms with Crippen molar-refractivity contribution in [1.82, 2.24) is 10.6 Å². The van der Waals surface area contributed by atoms with E-state index in [1.165, 1.54) is 0 Å². The Morgan fingerprint density at radius 1 is 1.08 bits per heavy atom. The highest BCUT2D eigenvalue weighted by Gasteiger charge is 2.04. The number of amides is 2. The molecule has 5 heteroatoms. The molecular weight excluding hydrogens is 316 g/mol. The molecule has 0 saturated heterocycles. The van der Waals surface area contributed by atoms with Gasteiger partial charge in [-0.15, -0.1) is 0 Å². The number of nitrogens with one attached hydrogen (secondary N) is 2. The van der Waals surface area contributed by atoms with Crippen LogP contribution in [0.5, 0.6) is 5.75 Å². The first kappa shape index (κ1) is 18.5. The number of benzene rings is 2. The number of hydrogen-bond acceptors (Lipinski definition) is 3. The third-order valence-corrected chi connectivity index (χ3v) is 3.74. The van der Waals surface area contributed by atoms with Gasteiger partial charge >= 0.3 is 0 Å². The molecule has 0 bridgehead atoms. The summed E-state index contributed by atoms with van der Waals surface area (Å²) in [5, 5.41) is 5.45. The predicted molar refractivity (Wildman–Crippen MR) is 97.6 cm³/mol. The lowest BCUT2D eigenvalue weighted by Gasteiger charge is -2.08. The van der Waals surface area contributed by atoms with Crippen molar-refractivity contribution >= 4 is 11.8 Å². The molecule has 2 rings (SSSR count). The van der Waals surface area contributed by atoms with Crippen molar-refractivity contribution in [3.63, 3.8) is 0 Å². The molecular formula is C20H24N2O3. The summed E-state index contributed by atoms with van der Waals surface area (Å²) in [7, 11) is 1.60. The van der Waals surface area contributed by atoms with Crippen molar-refractivity contribution in [1.29, 1.82) is 0 Å². The van der Waals surface area contributed by atoms with E-state index in [4.69, 9.17) is 4.74 Å². The van der Waals surface area contributed by atoms with Crippen LogP contribution in [0.15, 0.2) is 48.5 Å².